The van der Waals surface area contributed by atoms with Crippen molar-refractivity contribution in [1.82, 2.24) is 24.7 Å². The summed E-state index contributed by atoms with van der Waals surface area (Å²) >= 11 is 0. The Kier molecular flexibility index (Phi) is 4.88. The van der Waals surface area contributed by atoms with Crippen LogP contribution in [0.15, 0.2) is 42.7 Å². The topological polar surface area (TPSA) is 132 Å². The molecule has 1 amide bonds. The predicted molar refractivity (Wildman–Crippen MR) is 113 cm³/mol. The van der Waals surface area contributed by atoms with Gasteiger partial charge in [-0.15, -0.1) is 0 Å². The Morgan fingerprint density at radius 3 is 2.70 bits per heavy atom. The molecule has 0 aliphatic carbocycles. The summed E-state index contributed by atoms with van der Waals surface area (Å²) in [5.74, 6) is -0.218. The van der Waals surface area contributed by atoms with Gasteiger partial charge in [-0.1, -0.05) is 6.07 Å². The van der Waals surface area contributed by atoms with Gasteiger partial charge in [-0.2, -0.15) is 5.10 Å². The second-order valence-electron chi connectivity index (χ2n) is 7.05. The quantitative estimate of drug-likeness (QED) is 0.477. The molecule has 0 fully saturated rings. The zero-order chi connectivity index (χ0) is 21.4. The number of nitrogens with one attached hydrogen (secondary N) is 1. The monoisotopic (exact) mass is 403 g/mol. The molecule has 3 heterocycles. The molecule has 30 heavy (non-hydrogen) atoms. The van der Waals surface area contributed by atoms with Gasteiger partial charge in [0.15, 0.2) is 11.9 Å². The van der Waals surface area contributed by atoms with Crippen LogP contribution in [-0.2, 0) is 4.79 Å². The Morgan fingerprint density at radius 1 is 1.17 bits per heavy atom. The lowest BCUT2D eigenvalue weighted by atomic mass is 10.1. The summed E-state index contributed by atoms with van der Waals surface area (Å²) in [5, 5.41) is 17.6. The van der Waals surface area contributed by atoms with Crippen LogP contribution >= 0.6 is 0 Å². The molecule has 0 saturated heterocycles. The number of anilines is 2. The first-order valence-electron chi connectivity index (χ1n) is 9.34. The Labute approximate surface area is 172 Å². The third kappa shape index (κ3) is 3.46. The van der Waals surface area contributed by atoms with Gasteiger partial charge < -0.3 is 16.2 Å². The van der Waals surface area contributed by atoms with Crippen molar-refractivity contribution in [2.45, 2.75) is 26.9 Å². The van der Waals surface area contributed by atoms with Gasteiger partial charge in [0, 0.05) is 11.4 Å². The number of carbonyl (C=O) groups excluding carboxylic acids is 1. The molecule has 0 aliphatic heterocycles. The van der Waals surface area contributed by atoms with Crippen LogP contribution in [0.25, 0.3) is 16.7 Å². The smallest absolute Gasteiger partial charge is 0.259 e. The molecule has 9 nitrogen and oxygen atoms in total. The van der Waals surface area contributed by atoms with E-state index in [1.165, 1.54) is 6.33 Å². The average molecular weight is 403 g/mol. The molecular formula is C21H21N7O2. The molecule has 0 spiro atoms. The predicted octanol–water partition coefficient (Wildman–Crippen LogP) is 2.39. The van der Waals surface area contributed by atoms with Gasteiger partial charge in [0.2, 0.25) is 0 Å². The highest BCUT2D eigenvalue weighted by Crippen LogP contribution is 2.27. The number of aryl methyl sites for hydroxylation is 3. The number of nitrogens with two attached hydrogens (primary N) is 1. The first-order valence-corrected chi connectivity index (χ1v) is 9.34. The second-order valence-corrected chi connectivity index (χ2v) is 7.05. The molecule has 1 atom stereocenters. The van der Waals surface area contributed by atoms with E-state index >= 15 is 0 Å². The summed E-state index contributed by atoms with van der Waals surface area (Å²) in [6.07, 6.45) is 0.0517. The Hall–Kier alpha value is -3.85. The minimum absolute atomic E-state index is 0.301. The molecule has 152 valence electrons. The van der Waals surface area contributed by atoms with Crippen molar-refractivity contribution in [1.29, 1.82) is 0 Å². The van der Waals surface area contributed by atoms with Crippen LogP contribution < -0.4 is 11.1 Å². The largest absolute Gasteiger partial charge is 0.382 e. The molecule has 9 heteroatoms. The van der Waals surface area contributed by atoms with Crippen molar-refractivity contribution in [2.75, 3.05) is 11.1 Å². The number of aromatic nitrogens is 5. The Morgan fingerprint density at radius 2 is 1.97 bits per heavy atom. The molecule has 0 saturated carbocycles. The third-order valence-electron chi connectivity index (χ3n) is 4.79. The summed E-state index contributed by atoms with van der Waals surface area (Å²) in [4.78, 5) is 25.0. The van der Waals surface area contributed by atoms with Crippen molar-refractivity contribution in [3.63, 3.8) is 0 Å². The van der Waals surface area contributed by atoms with Crippen molar-refractivity contribution in [3.8, 4) is 5.69 Å². The molecule has 1 unspecified atom stereocenters. The second kappa shape index (κ2) is 7.53. The SMILES string of the molecule is Cc1cccc(C(O)C(=O)Nc2ccc(-n3nc(C)c4ncnc(N)c43)c(C)c2)n1. The van der Waals surface area contributed by atoms with E-state index in [1.54, 1.807) is 41.9 Å². The molecule has 4 N–H and O–H groups in total. The third-order valence-corrected chi connectivity index (χ3v) is 4.79. The highest BCUT2D eigenvalue weighted by Gasteiger charge is 2.20. The van der Waals surface area contributed by atoms with Crippen molar-refractivity contribution in [2.24, 2.45) is 0 Å². The van der Waals surface area contributed by atoms with Crippen LogP contribution in [-0.4, -0.2) is 35.7 Å². The van der Waals surface area contributed by atoms with E-state index in [9.17, 15) is 9.90 Å². The lowest BCUT2D eigenvalue weighted by molar-refractivity contribution is -0.124. The minimum atomic E-state index is -1.36. The number of fused-ring (bicyclic) bond motifs is 1. The number of amides is 1. The number of benzene rings is 1. The summed E-state index contributed by atoms with van der Waals surface area (Å²) in [5.41, 5.74) is 11.3. The van der Waals surface area contributed by atoms with Crippen LogP contribution in [0.3, 0.4) is 0 Å². The van der Waals surface area contributed by atoms with Crippen molar-refractivity contribution >= 4 is 28.4 Å². The molecule has 0 aliphatic rings. The first-order chi connectivity index (χ1) is 14.3. The number of nitrogens with zero attached hydrogens (tertiary/aromatic N) is 5. The summed E-state index contributed by atoms with van der Waals surface area (Å²) in [6.45, 7) is 5.55. The molecule has 0 radical (unpaired) electrons. The van der Waals surface area contributed by atoms with Gasteiger partial charge in [-0.25, -0.2) is 14.6 Å². The number of pyridine rings is 1. The van der Waals surface area contributed by atoms with E-state index in [0.717, 1.165) is 22.6 Å². The molecule has 3 aromatic heterocycles. The van der Waals surface area contributed by atoms with Gasteiger partial charge in [0.1, 0.15) is 17.4 Å². The van der Waals surface area contributed by atoms with Gasteiger partial charge in [0.25, 0.3) is 5.91 Å². The highest BCUT2D eigenvalue weighted by atomic mass is 16.3. The fourth-order valence-electron chi connectivity index (χ4n) is 3.32. The fraction of sp³-hybridized carbons (Fsp3) is 0.190. The normalized spacial score (nSPS) is 12.1. The van der Waals surface area contributed by atoms with Crippen LogP contribution in [0, 0.1) is 20.8 Å². The van der Waals surface area contributed by atoms with Crippen LogP contribution in [0.2, 0.25) is 0 Å². The van der Waals surface area contributed by atoms with E-state index < -0.39 is 12.0 Å². The van der Waals surface area contributed by atoms with E-state index in [1.807, 2.05) is 19.9 Å². The average Bonchev–Trinajstić information content (AvgIpc) is 3.05. The number of hydrogen-bond acceptors (Lipinski definition) is 7. The van der Waals surface area contributed by atoms with Crippen LogP contribution in [0.5, 0.6) is 0 Å². The summed E-state index contributed by atoms with van der Waals surface area (Å²) in [6, 6.07) is 10.5. The van der Waals surface area contributed by atoms with E-state index in [0.29, 0.717) is 28.2 Å². The molecular weight excluding hydrogens is 382 g/mol. The lowest BCUT2D eigenvalue weighted by Crippen LogP contribution is -2.22. The molecule has 1 aromatic carbocycles. The zero-order valence-electron chi connectivity index (χ0n) is 16.8. The van der Waals surface area contributed by atoms with E-state index in [2.05, 4.69) is 25.4 Å². The number of aliphatic hydroxyl groups is 1. The standard InChI is InChI=1S/C21H21N7O2/c1-11-9-14(26-21(30)19(29)15-6-4-5-12(2)25-15)7-8-16(11)28-18-17(13(3)27-28)23-10-24-20(18)22/h4-10,19,29H,1-3H3,(H,26,30)(H2,22,23,24). The van der Waals surface area contributed by atoms with E-state index in [4.69, 9.17) is 5.73 Å². The van der Waals surface area contributed by atoms with E-state index in [-0.39, 0.29) is 0 Å². The number of aliphatic hydroxyl groups excluding tert-OH is 1. The Balaban J connectivity index is 1.62. The number of carbonyl (C=O) groups is 1. The number of nitrogen functional groups attached to an aromatic ring is 1. The zero-order valence-corrected chi connectivity index (χ0v) is 16.8. The van der Waals surface area contributed by atoms with Gasteiger partial charge >= 0.3 is 0 Å². The minimum Gasteiger partial charge on any atom is -0.382 e. The number of rotatable bonds is 4. The van der Waals surface area contributed by atoms with Gasteiger partial charge in [-0.05, 0) is 56.7 Å². The van der Waals surface area contributed by atoms with Gasteiger partial charge in [0.05, 0.1) is 17.1 Å². The molecule has 4 aromatic rings. The number of hydrogen-bond donors (Lipinski definition) is 3. The fourth-order valence-corrected chi connectivity index (χ4v) is 3.32. The maximum absolute atomic E-state index is 12.5. The highest BCUT2D eigenvalue weighted by molar-refractivity contribution is 5.94. The van der Waals surface area contributed by atoms with Crippen molar-refractivity contribution in [3.05, 3.63) is 65.4 Å². The molecule has 4 rings (SSSR count). The maximum atomic E-state index is 12.5. The lowest BCUT2D eigenvalue weighted by Gasteiger charge is -2.14. The van der Waals surface area contributed by atoms with Crippen molar-refractivity contribution < 1.29 is 9.90 Å². The molecule has 0 bridgehead atoms. The first kappa shape index (κ1) is 19.5. The van der Waals surface area contributed by atoms with Gasteiger partial charge in [-0.3, -0.25) is 9.78 Å². The summed E-state index contributed by atoms with van der Waals surface area (Å²) in [7, 11) is 0. The van der Waals surface area contributed by atoms with Crippen LogP contribution in [0.4, 0.5) is 11.5 Å². The van der Waals surface area contributed by atoms with Crippen LogP contribution in [0.1, 0.15) is 28.7 Å². The summed E-state index contributed by atoms with van der Waals surface area (Å²) < 4.78 is 1.70. The maximum Gasteiger partial charge on any atom is 0.259 e. The Bertz CT molecular complexity index is 1270.